The minimum absolute atomic E-state index is 0.199. The summed E-state index contributed by atoms with van der Waals surface area (Å²) in [6, 6.07) is 1.79. The number of aromatic nitrogens is 1. The molecule has 1 aromatic rings. The lowest BCUT2D eigenvalue weighted by Crippen LogP contribution is -2.27. The lowest BCUT2D eigenvalue weighted by atomic mass is 10.0. The standard InChI is InChI=1S/C13H16BrNO4/c1-4-18-12(16)10(13(17)19-5-2)11-8(3)6-9(14)7-15-11/h6-7,10H,4-5H2,1-3H3. The van der Waals surface area contributed by atoms with Gasteiger partial charge in [0.2, 0.25) is 0 Å². The topological polar surface area (TPSA) is 65.5 Å². The van der Waals surface area contributed by atoms with Crippen molar-refractivity contribution in [1.29, 1.82) is 0 Å². The van der Waals surface area contributed by atoms with E-state index in [4.69, 9.17) is 9.47 Å². The second-order valence-electron chi connectivity index (χ2n) is 3.79. The van der Waals surface area contributed by atoms with Gasteiger partial charge in [-0.15, -0.1) is 0 Å². The van der Waals surface area contributed by atoms with Crippen LogP contribution in [-0.4, -0.2) is 30.1 Å². The first-order chi connectivity index (χ1) is 9.01. The number of carbonyl (C=O) groups excluding carboxylic acids is 2. The maximum absolute atomic E-state index is 11.9. The van der Waals surface area contributed by atoms with E-state index in [1.165, 1.54) is 6.20 Å². The van der Waals surface area contributed by atoms with Gasteiger partial charge in [-0.1, -0.05) is 0 Å². The molecule has 0 radical (unpaired) electrons. The van der Waals surface area contributed by atoms with Gasteiger partial charge >= 0.3 is 11.9 Å². The van der Waals surface area contributed by atoms with E-state index in [0.29, 0.717) is 5.69 Å². The molecule has 0 N–H and O–H groups in total. The molecule has 19 heavy (non-hydrogen) atoms. The Morgan fingerprint density at radius 3 is 2.21 bits per heavy atom. The van der Waals surface area contributed by atoms with Gasteiger partial charge in [-0.25, -0.2) is 0 Å². The van der Waals surface area contributed by atoms with Gasteiger partial charge in [-0.05, 0) is 48.3 Å². The Morgan fingerprint density at radius 1 is 1.26 bits per heavy atom. The van der Waals surface area contributed by atoms with Crippen molar-refractivity contribution in [3.05, 3.63) is 28.0 Å². The molecule has 0 saturated heterocycles. The van der Waals surface area contributed by atoms with E-state index in [1.807, 2.05) is 0 Å². The van der Waals surface area contributed by atoms with Crippen molar-refractivity contribution in [2.75, 3.05) is 13.2 Å². The Morgan fingerprint density at radius 2 is 1.79 bits per heavy atom. The average Bonchev–Trinajstić information content (AvgIpc) is 2.33. The number of esters is 2. The van der Waals surface area contributed by atoms with Gasteiger partial charge in [-0.3, -0.25) is 14.6 Å². The highest BCUT2D eigenvalue weighted by Gasteiger charge is 2.33. The van der Waals surface area contributed by atoms with Crippen LogP contribution in [0.1, 0.15) is 31.0 Å². The fourth-order valence-electron chi connectivity index (χ4n) is 1.62. The zero-order chi connectivity index (χ0) is 14.4. The van der Waals surface area contributed by atoms with Crippen LogP contribution in [0.25, 0.3) is 0 Å². The highest BCUT2D eigenvalue weighted by atomic mass is 79.9. The number of hydrogen-bond acceptors (Lipinski definition) is 5. The normalized spacial score (nSPS) is 10.4. The molecule has 0 unspecified atom stereocenters. The Hall–Kier alpha value is -1.43. The summed E-state index contributed by atoms with van der Waals surface area (Å²) in [5.74, 6) is -2.41. The molecule has 0 amide bonds. The quantitative estimate of drug-likeness (QED) is 0.612. The fraction of sp³-hybridized carbons (Fsp3) is 0.462. The summed E-state index contributed by atoms with van der Waals surface area (Å²) in [4.78, 5) is 28.0. The number of ether oxygens (including phenoxy) is 2. The predicted molar refractivity (Wildman–Crippen MR) is 72.7 cm³/mol. The Labute approximate surface area is 120 Å². The van der Waals surface area contributed by atoms with Crippen molar-refractivity contribution in [2.24, 2.45) is 0 Å². The summed E-state index contributed by atoms with van der Waals surface area (Å²) in [5.41, 5.74) is 1.08. The first kappa shape index (κ1) is 15.6. The highest BCUT2D eigenvalue weighted by molar-refractivity contribution is 9.10. The van der Waals surface area contributed by atoms with Crippen LogP contribution in [0.5, 0.6) is 0 Å². The van der Waals surface area contributed by atoms with Gasteiger partial charge in [0.1, 0.15) is 0 Å². The molecular formula is C13H16BrNO4. The molecule has 0 fully saturated rings. The monoisotopic (exact) mass is 329 g/mol. The first-order valence-electron chi connectivity index (χ1n) is 5.96. The van der Waals surface area contributed by atoms with Crippen molar-refractivity contribution in [3.63, 3.8) is 0 Å². The van der Waals surface area contributed by atoms with Crippen molar-refractivity contribution in [1.82, 2.24) is 4.98 Å². The molecule has 104 valence electrons. The molecule has 0 spiro atoms. The van der Waals surface area contributed by atoms with Gasteiger partial charge < -0.3 is 9.47 Å². The Balaban J connectivity index is 3.14. The van der Waals surface area contributed by atoms with Gasteiger partial charge in [0.15, 0.2) is 5.92 Å². The van der Waals surface area contributed by atoms with Crippen molar-refractivity contribution in [2.45, 2.75) is 26.7 Å². The van der Waals surface area contributed by atoms with Crippen molar-refractivity contribution < 1.29 is 19.1 Å². The maximum atomic E-state index is 11.9. The number of halogens is 1. The van der Waals surface area contributed by atoms with Crippen LogP contribution in [0.4, 0.5) is 0 Å². The molecule has 1 aromatic heterocycles. The summed E-state index contributed by atoms with van der Waals surface area (Å²) in [5, 5.41) is 0. The fourth-order valence-corrected chi connectivity index (χ4v) is 2.07. The molecule has 1 rings (SSSR count). The molecule has 0 saturated carbocycles. The van der Waals surface area contributed by atoms with E-state index in [1.54, 1.807) is 26.8 Å². The lowest BCUT2D eigenvalue weighted by Gasteiger charge is -2.15. The third kappa shape index (κ3) is 4.02. The number of hydrogen-bond donors (Lipinski definition) is 0. The Bertz CT molecular complexity index is 458. The van der Waals surface area contributed by atoms with Crippen LogP contribution < -0.4 is 0 Å². The highest BCUT2D eigenvalue weighted by Crippen LogP contribution is 2.23. The summed E-state index contributed by atoms with van der Waals surface area (Å²) in [6.45, 7) is 5.54. The predicted octanol–water partition coefficient (Wildman–Crippen LogP) is 2.36. The van der Waals surface area contributed by atoms with Crippen LogP contribution in [0.2, 0.25) is 0 Å². The van der Waals surface area contributed by atoms with Crippen LogP contribution in [0, 0.1) is 6.92 Å². The van der Waals surface area contributed by atoms with Crippen molar-refractivity contribution >= 4 is 27.9 Å². The van der Waals surface area contributed by atoms with E-state index >= 15 is 0 Å². The second kappa shape index (κ2) is 7.23. The maximum Gasteiger partial charge on any atom is 0.326 e. The molecule has 0 aliphatic carbocycles. The van der Waals surface area contributed by atoms with E-state index in [2.05, 4.69) is 20.9 Å². The van der Waals surface area contributed by atoms with E-state index < -0.39 is 17.9 Å². The SMILES string of the molecule is CCOC(=O)C(C(=O)OCC)c1ncc(Br)cc1C. The van der Waals surface area contributed by atoms with Crippen molar-refractivity contribution in [3.8, 4) is 0 Å². The largest absolute Gasteiger partial charge is 0.465 e. The van der Waals surface area contributed by atoms with Crippen LogP contribution in [0.15, 0.2) is 16.7 Å². The van der Waals surface area contributed by atoms with Gasteiger partial charge in [0, 0.05) is 10.7 Å². The van der Waals surface area contributed by atoms with E-state index in [9.17, 15) is 9.59 Å². The van der Waals surface area contributed by atoms with E-state index in [-0.39, 0.29) is 13.2 Å². The zero-order valence-electron chi connectivity index (χ0n) is 11.1. The van der Waals surface area contributed by atoms with Gasteiger partial charge in [-0.2, -0.15) is 0 Å². The minimum Gasteiger partial charge on any atom is -0.465 e. The first-order valence-corrected chi connectivity index (χ1v) is 6.75. The molecular weight excluding hydrogens is 314 g/mol. The molecule has 0 bridgehead atoms. The number of rotatable bonds is 5. The molecule has 0 aliphatic rings. The molecule has 1 heterocycles. The molecule has 0 atom stereocenters. The summed E-state index contributed by atoms with van der Waals surface area (Å²) >= 11 is 3.29. The molecule has 0 aliphatic heterocycles. The lowest BCUT2D eigenvalue weighted by molar-refractivity contribution is -0.157. The van der Waals surface area contributed by atoms with E-state index in [0.717, 1.165) is 10.0 Å². The average molecular weight is 330 g/mol. The van der Waals surface area contributed by atoms with Crippen LogP contribution in [-0.2, 0) is 19.1 Å². The minimum atomic E-state index is -1.13. The van der Waals surface area contributed by atoms with Gasteiger partial charge in [0.05, 0.1) is 18.9 Å². The Kier molecular flexibility index (Phi) is 5.95. The molecule has 5 nitrogen and oxygen atoms in total. The number of carbonyl (C=O) groups is 2. The molecule has 0 aromatic carbocycles. The van der Waals surface area contributed by atoms with Gasteiger partial charge in [0.25, 0.3) is 0 Å². The number of nitrogens with zero attached hydrogens (tertiary/aromatic N) is 1. The summed E-state index contributed by atoms with van der Waals surface area (Å²) in [7, 11) is 0. The summed E-state index contributed by atoms with van der Waals surface area (Å²) < 4.78 is 10.6. The second-order valence-corrected chi connectivity index (χ2v) is 4.71. The number of pyridine rings is 1. The summed E-state index contributed by atoms with van der Waals surface area (Å²) in [6.07, 6.45) is 1.54. The number of aryl methyl sites for hydroxylation is 1. The smallest absolute Gasteiger partial charge is 0.326 e. The third-order valence-corrected chi connectivity index (χ3v) is 2.84. The van der Waals surface area contributed by atoms with Crippen LogP contribution in [0.3, 0.4) is 0 Å². The van der Waals surface area contributed by atoms with Crippen LogP contribution >= 0.6 is 15.9 Å². The zero-order valence-corrected chi connectivity index (χ0v) is 12.7. The molecule has 6 heteroatoms. The third-order valence-electron chi connectivity index (χ3n) is 2.40.